The quantitative estimate of drug-likeness (QED) is 0.225. The van der Waals surface area contributed by atoms with Crippen LogP contribution in [0.1, 0.15) is 65.9 Å². The molecule has 0 spiro atoms. The average Bonchev–Trinajstić information content (AvgIpc) is 3.36. The van der Waals surface area contributed by atoms with Gasteiger partial charge in [0.15, 0.2) is 5.78 Å². The van der Waals surface area contributed by atoms with Crippen LogP contribution in [0.3, 0.4) is 0 Å². The SMILES string of the molecule is C=C1C[C@](C)([C@H](O)C(=O)C[C@@H](OCc2ccc(N3C(=O)C=CC3=O)cc2)[C@@H]2C[C@@H](O)C(C)(C)[C@@H](C[C@@H](COC)OC)O2)O[C@H](C)[C@@H]1C. The van der Waals surface area contributed by atoms with Crippen LogP contribution in [0.25, 0.3) is 0 Å². The monoisotopic (exact) mass is 657 g/mol. The Bertz CT molecular complexity index is 1310. The molecule has 9 atom stereocenters. The number of carbonyl (C=O) groups excluding carboxylic acids is 3. The van der Waals surface area contributed by atoms with Gasteiger partial charge < -0.3 is 33.9 Å². The zero-order chi connectivity index (χ0) is 34.7. The number of hydrogen-bond acceptors (Lipinski definition) is 10. The maximum Gasteiger partial charge on any atom is 0.258 e. The number of ketones is 1. The van der Waals surface area contributed by atoms with Crippen LogP contribution < -0.4 is 4.90 Å². The van der Waals surface area contributed by atoms with Crippen LogP contribution in [0, 0.1) is 11.3 Å². The van der Waals surface area contributed by atoms with E-state index in [9.17, 15) is 24.6 Å². The van der Waals surface area contributed by atoms with Crippen molar-refractivity contribution in [3.8, 4) is 0 Å². The molecule has 260 valence electrons. The number of ether oxygens (including phenoxy) is 5. The molecule has 2 amide bonds. The third-order valence-electron chi connectivity index (χ3n) is 10.2. The van der Waals surface area contributed by atoms with Crippen LogP contribution in [0.15, 0.2) is 48.6 Å². The molecular weight excluding hydrogens is 606 g/mol. The molecule has 2 fully saturated rings. The minimum absolute atomic E-state index is 0.0714. The van der Waals surface area contributed by atoms with E-state index < -0.39 is 59.1 Å². The third-order valence-corrected chi connectivity index (χ3v) is 10.2. The highest BCUT2D eigenvalue weighted by Gasteiger charge is 2.49. The van der Waals surface area contributed by atoms with Crippen molar-refractivity contribution in [2.24, 2.45) is 11.3 Å². The van der Waals surface area contributed by atoms with Gasteiger partial charge in [-0.3, -0.25) is 14.4 Å². The number of benzene rings is 1. The number of Topliss-reactive ketones (excluding diaryl/α,β-unsaturated/α-hetero) is 1. The first-order valence-corrected chi connectivity index (χ1v) is 16.3. The minimum Gasteiger partial charge on any atom is -0.392 e. The summed E-state index contributed by atoms with van der Waals surface area (Å²) in [7, 11) is 3.19. The summed E-state index contributed by atoms with van der Waals surface area (Å²) in [6.45, 7) is 14.1. The van der Waals surface area contributed by atoms with Crippen molar-refractivity contribution in [2.45, 2.75) is 115 Å². The first kappa shape index (κ1) is 37.1. The molecule has 3 aliphatic heterocycles. The van der Waals surface area contributed by atoms with Gasteiger partial charge in [-0.1, -0.05) is 45.1 Å². The van der Waals surface area contributed by atoms with Crippen molar-refractivity contribution < 1.29 is 48.3 Å². The Hall–Kier alpha value is -2.77. The van der Waals surface area contributed by atoms with Gasteiger partial charge in [-0.25, -0.2) is 4.90 Å². The normalized spacial score (nSPS) is 31.2. The van der Waals surface area contributed by atoms with Crippen LogP contribution in [0.5, 0.6) is 0 Å². The number of aliphatic hydroxyl groups excluding tert-OH is 2. The molecule has 3 aliphatic rings. The van der Waals surface area contributed by atoms with Crippen molar-refractivity contribution in [3.05, 3.63) is 54.1 Å². The molecule has 1 aromatic carbocycles. The van der Waals surface area contributed by atoms with Crippen LogP contribution in [0.2, 0.25) is 0 Å². The van der Waals surface area contributed by atoms with Crippen LogP contribution in [-0.2, 0) is 44.7 Å². The van der Waals surface area contributed by atoms with E-state index in [0.29, 0.717) is 25.1 Å². The maximum absolute atomic E-state index is 13.8. The van der Waals surface area contributed by atoms with E-state index in [0.717, 1.165) is 16.0 Å². The molecule has 4 rings (SSSR count). The number of nitrogens with zero attached hydrogens (tertiary/aromatic N) is 1. The largest absolute Gasteiger partial charge is 0.392 e. The van der Waals surface area contributed by atoms with Crippen molar-refractivity contribution in [2.75, 3.05) is 25.7 Å². The Morgan fingerprint density at radius 1 is 1.11 bits per heavy atom. The maximum atomic E-state index is 13.8. The fraction of sp³-hybridized carbons (Fsp3) is 0.639. The Kier molecular flexibility index (Phi) is 12.0. The highest BCUT2D eigenvalue weighted by molar-refractivity contribution is 6.28. The van der Waals surface area contributed by atoms with E-state index >= 15 is 0 Å². The molecule has 0 radical (unpaired) electrons. The Morgan fingerprint density at radius 2 is 1.74 bits per heavy atom. The van der Waals surface area contributed by atoms with Gasteiger partial charge in [-0.05, 0) is 31.5 Å². The number of hydrogen-bond donors (Lipinski definition) is 2. The zero-order valence-corrected chi connectivity index (χ0v) is 28.6. The van der Waals surface area contributed by atoms with E-state index in [4.69, 9.17) is 23.7 Å². The van der Waals surface area contributed by atoms with Crippen LogP contribution >= 0.6 is 0 Å². The summed E-state index contributed by atoms with van der Waals surface area (Å²) < 4.78 is 30.1. The van der Waals surface area contributed by atoms with E-state index in [-0.39, 0.29) is 37.6 Å². The Balaban J connectivity index is 1.55. The highest BCUT2D eigenvalue weighted by atomic mass is 16.6. The lowest BCUT2D eigenvalue weighted by molar-refractivity contribution is -0.219. The summed E-state index contributed by atoms with van der Waals surface area (Å²) >= 11 is 0. The van der Waals surface area contributed by atoms with E-state index in [2.05, 4.69) is 6.58 Å². The number of amides is 2. The number of methoxy groups -OCH3 is 2. The van der Waals surface area contributed by atoms with Gasteiger partial charge in [-0.2, -0.15) is 0 Å². The molecule has 47 heavy (non-hydrogen) atoms. The second-order valence-electron chi connectivity index (χ2n) is 14.0. The predicted molar refractivity (Wildman–Crippen MR) is 175 cm³/mol. The number of carbonyl (C=O) groups is 3. The van der Waals surface area contributed by atoms with Gasteiger partial charge in [0.25, 0.3) is 11.8 Å². The van der Waals surface area contributed by atoms with E-state index in [1.807, 2.05) is 27.7 Å². The number of imide groups is 1. The molecule has 11 heteroatoms. The van der Waals surface area contributed by atoms with Crippen LogP contribution in [-0.4, -0.2) is 97.0 Å². The second-order valence-corrected chi connectivity index (χ2v) is 14.0. The smallest absolute Gasteiger partial charge is 0.258 e. The first-order chi connectivity index (χ1) is 22.1. The number of anilines is 1. The average molecular weight is 658 g/mol. The second kappa shape index (κ2) is 15.2. The zero-order valence-electron chi connectivity index (χ0n) is 28.6. The van der Waals surface area contributed by atoms with Gasteiger partial charge in [0.2, 0.25) is 0 Å². The van der Waals surface area contributed by atoms with Crippen molar-refractivity contribution >= 4 is 23.3 Å². The van der Waals surface area contributed by atoms with Crippen molar-refractivity contribution in [1.82, 2.24) is 0 Å². The fourth-order valence-electron chi connectivity index (χ4n) is 6.66. The molecule has 0 saturated carbocycles. The van der Waals surface area contributed by atoms with Crippen molar-refractivity contribution in [3.63, 3.8) is 0 Å². The van der Waals surface area contributed by atoms with Gasteiger partial charge in [0, 0.05) is 63.4 Å². The van der Waals surface area contributed by atoms with Gasteiger partial charge >= 0.3 is 0 Å². The van der Waals surface area contributed by atoms with E-state index in [1.165, 1.54) is 12.2 Å². The lowest BCUT2D eigenvalue weighted by atomic mass is 9.73. The van der Waals surface area contributed by atoms with Crippen molar-refractivity contribution in [1.29, 1.82) is 0 Å². The lowest BCUT2D eigenvalue weighted by Crippen LogP contribution is -2.56. The molecule has 11 nitrogen and oxygen atoms in total. The topological polar surface area (TPSA) is 141 Å². The number of rotatable bonds is 14. The summed E-state index contributed by atoms with van der Waals surface area (Å²) in [5.74, 6) is -1.19. The summed E-state index contributed by atoms with van der Waals surface area (Å²) in [5, 5.41) is 22.7. The highest BCUT2D eigenvalue weighted by Crippen LogP contribution is 2.42. The molecule has 1 aromatic rings. The van der Waals surface area contributed by atoms with Gasteiger partial charge in [-0.15, -0.1) is 0 Å². The number of aliphatic hydroxyl groups is 2. The third kappa shape index (κ3) is 8.28. The molecule has 2 saturated heterocycles. The molecule has 0 aromatic heterocycles. The molecule has 0 aliphatic carbocycles. The summed E-state index contributed by atoms with van der Waals surface area (Å²) in [6, 6.07) is 6.79. The molecule has 2 N–H and O–H groups in total. The summed E-state index contributed by atoms with van der Waals surface area (Å²) in [6.07, 6.45) is -1.41. The summed E-state index contributed by atoms with van der Waals surface area (Å²) in [4.78, 5) is 39.1. The molecule has 0 bridgehead atoms. The molecule has 0 unspecified atom stereocenters. The minimum atomic E-state index is -1.44. The van der Waals surface area contributed by atoms with E-state index in [1.54, 1.807) is 45.4 Å². The van der Waals surface area contributed by atoms with Gasteiger partial charge in [0.05, 0.1) is 55.5 Å². The fourth-order valence-corrected chi connectivity index (χ4v) is 6.66. The lowest BCUT2D eigenvalue weighted by Gasteiger charge is -2.48. The standard InChI is InChI=1S/C36H51NO10/c1-21-18-36(6,47-23(3)22(21)2)34(42)27(38)16-28(29-17-30(39)35(4,5)31(46-29)15-26(44-8)20-43-7)45-19-24-9-11-25(12-10-24)37-32(40)13-14-33(37)41/h9-14,22-23,26,28-31,34,39,42H,1,15-20H2,2-8H3/t22-,23-,26+,28-,29+,30-,31-,34-,36-/m1/s1. The molecule has 3 heterocycles. The van der Waals surface area contributed by atoms with Gasteiger partial charge in [0.1, 0.15) is 11.7 Å². The summed E-state index contributed by atoms with van der Waals surface area (Å²) in [5.41, 5.74) is 0.300. The Labute approximate surface area is 277 Å². The predicted octanol–water partition coefficient (Wildman–Crippen LogP) is 3.68. The molecular formula is C36H51NO10. The van der Waals surface area contributed by atoms with Crippen LogP contribution in [0.4, 0.5) is 5.69 Å². The Morgan fingerprint density at radius 3 is 2.32 bits per heavy atom. The first-order valence-electron chi connectivity index (χ1n) is 16.3.